The van der Waals surface area contributed by atoms with E-state index in [1.165, 1.54) is 0 Å². The van der Waals surface area contributed by atoms with Crippen molar-refractivity contribution < 1.29 is 0 Å². The van der Waals surface area contributed by atoms with E-state index in [0.29, 0.717) is 0 Å². The lowest BCUT2D eigenvalue weighted by Gasteiger charge is -2.12. The molecule has 1 heterocycles. The third-order valence-corrected chi connectivity index (χ3v) is 1.45. The third-order valence-electron chi connectivity index (χ3n) is 1.10. The second-order valence-corrected chi connectivity index (χ2v) is 4.53. The summed E-state index contributed by atoms with van der Waals surface area (Å²) in [5.74, 6) is 0.815. The van der Waals surface area contributed by atoms with Crippen molar-refractivity contribution in [1.82, 2.24) is 9.97 Å². The lowest BCUT2D eigenvalue weighted by Crippen LogP contribution is -2.10. The molecule has 0 aliphatic carbocycles. The minimum atomic E-state index is -0.117. The molecule has 1 aromatic heterocycles. The highest BCUT2D eigenvalue weighted by atomic mass is 79.9. The molecule has 0 N–H and O–H groups in total. The van der Waals surface area contributed by atoms with Gasteiger partial charge in [-0.2, -0.15) is 0 Å². The fraction of sp³-hybridized carbons (Fsp3) is 0.429. The summed E-state index contributed by atoms with van der Waals surface area (Å²) < 4.78 is -0.117. The molecular formula is C7H9BrN2. The van der Waals surface area contributed by atoms with Crippen LogP contribution in [0.1, 0.15) is 19.7 Å². The van der Waals surface area contributed by atoms with Crippen molar-refractivity contribution in [1.29, 1.82) is 0 Å². The Bertz CT molecular complexity index is 203. The molecule has 0 aromatic carbocycles. The van der Waals surface area contributed by atoms with E-state index < -0.39 is 0 Å². The number of hydrogen-bond acceptors (Lipinski definition) is 2. The van der Waals surface area contributed by atoms with E-state index in [1.54, 1.807) is 12.4 Å². The molecule has 0 atom stereocenters. The zero-order chi connectivity index (χ0) is 7.61. The molecule has 0 aliphatic rings. The lowest BCUT2D eigenvalue weighted by atomic mass is 10.2. The molecule has 0 aliphatic heterocycles. The molecule has 0 unspecified atom stereocenters. The summed E-state index contributed by atoms with van der Waals surface area (Å²) in [6.07, 6.45) is 3.48. The van der Waals surface area contributed by atoms with Crippen LogP contribution in [-0.2, 0) is 4.32 Å². The van der Waals surface area contributed by atoms with Crippen LogP contribution < -0.4 is 0 Å². The maximum atomic E-state index is 4.09. The Hall–Kier alpha value is -0.440. The fourth-order valence-electron chi connectivity index (χ4n) is 0.606. The van der Waals surface area contributed by atoms with Gasteiger partial charge in [-0.05, 0) is 19.9 Å². The molecular weight excluding hydrogens is 192 g/mol. The van der Waals surface area contributed by atoms with Gasteiger partial charge in [0.1, 0.15) is 5.82 Å². The van der Waals surface area contributed by atoms with E-state index in [-0.39, 0.29) is 4.32 Å². The largest absolute Gasteiger partial charge is 0.240 e. The highest BCUT2D eigenvalue weighted by Crippen LogP contribution is 2.25. The summed E-state index contributed by atoms with van der Waals surface area (Å²) in [5.41, 5.74) is 0. The van der Waals surface area contributed by atoms with Crippen molar-refractivity contribution in [2.45, 2.75) is 18.2 Å². The zero-order valence-corrected chi connectivity index (χ0v) is 7.59. The maximum Gasteiger partial charge on any atom is 0.144 e. The molecule has 0 saturated heterocycles. The van der Waals surface area contributed by atoms with Crippen LogP contribution in [0, 0.1) is 0 Å². The normalized spacial score (nSPS) is 11.5. The highest BCUT2D eigenvalue weighted by Gasteiger charge is 2.17. The van der Waals surface area contributed by atoms with Gasteiger partial charge in [0.25, 0.3) is 0 Å². The van der Waals surface area contributed by atoms with Gasteiger partial charge in [0.05, 0.1) is 4.32 Å². The Morgan fingerprint density at radius 1 is 1.30 bits per heavy atom. The second-order valence-electron chi connectivity index (χ2n) is 2.54. The van der Waals surface area contributed by atoms with E-state index in [9.17, 15) is 0 Å². The minimum absolute atomic E-state index is 0.117. The van der Waals surface area contributed by atoms with E-state index >= 15 is 0 Å². The van der Waals surface area contributed by atoms with Gasteiger partial charge in [-0.1, -0.05) is 15.9 Å². The Labute approximate surface area is 68.8 Å². The molecule has 0 bridgehead atoms. The summed E-state index contributed by atoms with van der Waals surface area (Å²) in [7, 11) is 0. The van der Waals surface area contributed by atoms with Crippen molar-refractivity contribution in [3.8, 4) is 0 Å². The number of alkyl halides is 1. The molecule has 2 nitrogen and oxygen atoms in total. The van der Waals surface area contributed by atoms with E-state index in [2.05, 4.69) is 25.9 Å². The molecule has 0 radical (unpaired) electrons. The molecule has 0 fully saturated rings. The fourth-order valence-corrected chi connectivity index (χ4v) is 0.811. The molecule has 3 heteroatoms. The van der Waals surface area contributed by atoms with Crippen molar-refractivity contribution in [3.05, 3.63) is 24.3 Å². The average molecular weight is 201 g/mol. The van der Waals surface area contributed by atoms with E-state index in [1.807, 2.05) is 19.9 Å². The van der Waals surface area contributed by atoms with E-state index in [0.717, 1.165) is 5.82 Å². The summed E-state index contributed by atoms with van der Waals surface area (Å²) >= 11 is 3.46. The predicted octanol–water partition coefficient (Wildman–Crippen LogP) is 2.11. The topological polar surface area (TPSA) is 25.8 Å². The number of halogens is 1. The first-order valence-corrected chi connectivity index (χ1v) is 3.86. The minimum Gasteiger partial charge on any atom is -0.240 e. The molecule has 1 aromatic rings. The van der Waals surface area contributed by atoms with Crippen molar-refractivity contribution in [2.75, 3.05) is 0 Å². The SMILES string of the molecule is CC(C)(Br)c1ncccn1. The Balaban J connectivity index is 2.97. The number of aromatic nitrogens is 2. The van der Waals surface area contributed by atoms with E-state index in [4.69, 9.17) is 0 Å². The monoisotopic (exact) mass is 200 g/mol. The Morgan fingerprint density at radius 3 is 2.10 bits per heavy atom. The van der Waals surface area contributed by atoms with Gasteiger partial charge in [0, 0.05) is 12.4 Å². The van der Waals surface area contributed by atoms with Gasteiger partial charge in [-0.3, -0.25) is 0 Å². The van der Waals surface area contributed by atoms with Crippen molar-refractivity contribution >= 4 is 15.9 Å². The summed E-state index contributed by atoms with van der Waals surface area (Å²) in [6, 6.07) is 1.81. The Morgan fingerprint density at radius 2 is 1.80 bits per heavy atom. The molecule has 10 heavy (non-hydrogen) atoms. The molecule has 0 saturated carbocycles. The zero-order valence-electron chi connectivity index (χ0n) is 6.00. The quantitative estimate of drug-likeness (QED) is 0.650. The van der Waals surface area contributed by atoms with Crippen LogP contribution in [0.25, 0.3) is 0 Å². The summed E-state index contributed by atoms with van der Waals surface area (Å²) in [5, 5.41) is 0. The molecule has 1 rings (SSSR count). The van der Waals surface area contributed by atoms with Gasteiger partial charge in [0.15, 0.2) is 0 Å². The van der Waals surface area contributed by atoms with Crippen molar-refractivity contribution in [3.63, 3.8) is 0 Å². The second kappa shape index (κ2) is 2.66. The Kier molecular flexibility index (Phi) is 2.04. The van der Waals surface area contributed by atoms with Crippen molar-refractivity contribution in [2.24, 2.45) is 0 Å². The van der Waals surface area contributed by atoms with Crippen LogP contribution in [0.3, 0.4) is 0 Å². The molecule has 0 spiro atoms. The molecule has 54 valence electrons. The van der Waals surface area contributed by atoms with Crippen LogP contribution in [-0.4, -0.2) is 9.97 Å². The summed E-state index contributed by atoms with van der Waals surface area (Å²) in [6.45, 7) is 4.03. The van der Waals surface area contributed by atoms with Crippen LogP contribution >= 0.6 is 15.9 Å². The average Bonchev–Trinajstić information content (AvgIpc) is 1.88. The van der Waals surface area contributed by atoms with Crippen LogP contribution in [0.5, 0.6) is 0 Å². The third kappa shape index (κ3) is 1.77. The summed E-state index contributed by atoms with van der Waals surface area (Å²) in [4.78, 5) is 8.18. The van der Waals surface area contributed by atoms with Crippen LogP contribution in [0.4, 0.5) is 0 Å². The van der Waals surface area contributed by atoms with Gasteiger partial charge < -0.3 is 0 Å². The predicted molar refractivity (Wildman–Crippen MR) is 44.0 cm³/mol. The van der Waals surface area contributed by atoms with Gasteiger partial charge in [-0.25, -0.2) is 9.97 Å². The van der Waals surface area contributed by atoms with Crippen LogP contribution in [0.15, 0.2) is 18.5 Å². The number of rotatable bonds is 1. The van der Waals surface area contributed by atoms with Gasteiger partial charge >= 0.3 is 0 Å². The first-order chi connectivity index (χ1) is 4.61. The maximum absolute atomic E-state index is 4.09. The first-order valence-electron chi connectivity index (χ1n) is 3.07. The van der Waals surface area contributed by atoms with Crippen LogP contribution in [0.2, 0.25) is 0 Å². The number of hydrogen-bond donors (Lipinski definition) is 0. The smallest absolute Gasteiger partial charge is 0.144 e. The number of nitrogens with zero attached hydrogens (tertiary/aromatic N) is 2. The first kappa shape index (κ1) is 7.66. The molecule has 0 amide bonds. The highest BCUT2D eigenvalue weighted by molar-refractivity contribution is 9.09. The standard InChI is InChI=1S/C7H9BrN2/c1-7(2,8)6-9-4-3-5-10-6/h3-5H,1-2H3. The van der Waals surface area contributed by atoms with Gasteiger partial charge in [0.2, 0.25) is 0 Å². The van der Waals surface area contributed by atoms with Gasteiger partial charge in [-0.15, -0.1) is 0 Å². The lowest BCUT2D eigenvalue weighted by molar-refractivity contribution is 0.723.